The Morgan fingerprint density at radius 2 is 1.68 bits per heavy atom. The number of anilines is 2. The van der Waals surface area contributed by atoms with Crippen LogP contribution in [0.5, 0.6) is 0 Å². The number of benzene rings is 2. The lowest BCUT2D eigenvalue weighted by Crippen LogP contribution is -2.14. The zero-order chi connectivity index (χ0) is 18.8. The second kappa shape index (κ2) is 6.93. The van der Waals surface area contributed by atoms with Gasteiger partial charge in [0.15, 0.2) is 0 Å². The molecule has 0 heterocycles. The van der Waals surface area contributed by atoms with E-state index in [1.54, 1.807) is 0 Å². The molecule has 25 heavy (non-hydrogen) atoms. The van der Waals surface area contributed by atoms with Crippen LogP contribution in [0.1, 0.15) is 12.5 Å². The Kier molecular flexibility index (Phi) is 5.28. The van der Waals surface area contributed by atoms with E-state index in [0.717, 1.165) is 12.1 Å². The summed E-state index contributed by atoms with van der Waals surface area (Å²) >= 11 is 5.89. The van der Waals surface area contributed by atoms with Crippen molar-refractivity contribution >= 4 is 38.9 Å². The van der Waals surface area contributed by atoms with Gasteiger partial charge in [-0.25, -0.2) is 8.42 Å². The highest BCUT2D eigenvalue weighted by atomic mass is 35.5. The van der Waals surface area contributed by atoms with Crippen LogP contribution in [-0.4, -0.2) is 14.3 Å². The Bertz CT molecular complexity index is 897. The summed E-state index contributed by atoms with van der Waals surface area (Å²) in [4.78, 5) is 10.8. The van der Waals surface area contributed by atoms with Crippen molar-refractivity contribution in [1.29, 1.82) is 0 Å². The number of rotatable bonds is 4. The Balaban J connectivity index is 2.28. The van der Waals surface area contributed by atoms with Crippen LogP contribution in [0.25, 0.3) is 0 Å². The number of carbonyl (C=O) groups is 1. The number of hydrogen-bond donors (Lipinski definition) is 2. The molecule has 2 aromatic rings. The molecule has 2 N–H and O–H groups in total. The van der Waals surface area contributed by atoms with Crippen molar-refractivity contribution in [2.24, 2.45) is 0 Å². The molecule has 0 aliphatic rings. The molecule has 0 saturated carbocycles. The van der Waals surface area contributed by atoms with Gasteiger partial charge in [-0.1, -0.05) is 11.6 Å². The molecule has 2 rings (SSSR count). The molecule has 0 aliphatic heterocycles. The van der Waals surface area contributed by atoms with Gasteiger partial charge in [0.1, 0.15) is 0 Å². The number of nitrogens with one attached hydrogen (secondary N) is 2. The summed E-state index contributed by atoms with van der Waals surface area (Å²) in [6.45, 7) is 1.26. The lowest BCUT2D eigenvalue weighted by Gasteiger charge is -2.12. The zero-order valence-electron chi connectivity index (χ0n) is 12.7. The van der Waals surface area contributed by atoms with E-state index in [2.05, 4.69) is 10.0 Å². The summed E-state index contributed by atoms with van der Waals surface area (Å²) < 4.78 is 64.4. The van der Waals surface area contributed by atoms with Crippen molar-refractivity contribution in [3.8, 4) is 0 Å². The fourth-order valence-electron chi connectivity index (χ4n) is 1.91. The number of alkyl halides is 3. The third-order valence-electron chi connectivity index (χ3n) is 3.02. The Hall–Kier alpha value is -2.26. The number of halogens is 4. The second-order valence-electron chi connectivity index (χ2n) is 5.00. The van der Waals surface area contributed by atoms with Crippen LogP contribution in [-0.2, 0) is 21.0 Å². The quantitative estimate of drug-likeness (QED) is 0.821. The molecule has 0 saturated heterocycles. The molecule has 1 amide bonds. The first kappa shape index (κ1) is 19.1. The Morgan fingerprint density at radius 1 is 1.08 bits per heavy atom. The van der Waals surface area contributed by atoms with E-state index in [9.17, 15) is 26.4 Å². The molecule has 5 nitrogen and oxygen atoms in total. The van der Waals surface area contributed by atoms with E-state index in [4.69, 9.17) is 11.6 Å². The van der Waals surface area contributed by atoms with Crippen LogP contribution in [0, 0.1) is 0 Å². The van der Waals surface area contributed by atoms with Gasteiger partial charge in [-0.3, -0.25) is 9.52 Å². The first-order chi connectivity index (χ1) is 11.5. The molecule has 0 unspecified atom stereocenters. The minimum Gasteiger partial charge on any atom is -0.325 e. The maximum Gasteiger partial charge on any atom is 0.416 e. The fourth-order valence-corrected chi connectivity index (χ4v) is 3.13. The molecule has 10 heteroatoms. The highest BCUT2D eigenvalue weighted by molar-refractivity contribution is 7.92. The molecular formula is C15H12ClF3N2O3S. The molecular weight excluding hydrogens is 381 g/mol. The van der Waals surface area contributed by atoms with Crippen LogP contribution in [0.2, 0.25) is 5.02 Å². The van der Waals surface area contributed by atoms with Crippen molar-refractivity contribution < 1.29 is 26.4 Å². The SMILES string of the molecule is CC(=O)Nc1cc(NS(=O)(=O)c2ccc(C(F)(F)F)cc2)ccc1Cl. The monoisotopic (exact) mass is 392 g/mol. The summed E-state index contributed by atoms with van der Waals surface area (Å²) in [5.41, 5.74) is -0.666. The van der Waals surface area contributed by atoms with Gasteiger partial charge in [0.05, 0.1) is 26.9 Å². The van der Waals surface area contributed by atoms with Crippen LogP contribution < -0.4 is 10.0 Å². The second-order valence-corrected chi connectivity index (χ2v) is 7.09. The highest BCUT2D eigenvalue weighted by Gasteiger charge is 2.30. The molecule has 2 aromatic carbocycles. The van der Waals surface area contributed by atoms with E-state index in [0.29, 0.717) is 12.1 Å². The largest absolute Gasteiger partial charge is 0.416 e. The van der Waals surface area contributed by atoms with Gasteiger partial charge in [-0.05, 0) is 42.5 Å². The van der Waals surface area contributed by atoms with E-state index < -0.39 is 27.7 Å². The number of sulfonamides is 1. The fraction of sp³-hybridized carbons (Fsp3) is 0.133. The molecule has 0 radical (unpaired) electrons. The van der Waals surface area contributed by atoms with Crippen LogP contribution in [0.4, 0.5) is 24.5 Å². The highest BCUT2D eigenvalue weighted by Crippen LogP contribution is 2.30. The van der Waals surface area contributed by atoms with E-state index >= 15 is 0 Å². The minimum absolute atomic E-state index is 0.0908. The molecule has 0 aliphatic carbocycles. The van der Waals surface area contributed by atoms with E-state index in [1.807, 2.05) is 0 Å². The van der Waals surface area contributed by atoms with Crippen molar-refractivity contribution in [2.45, 2.75) is 18.0 Å². The third kappa shape index (κ3) is 4.86. The number of hydrogen-bond acceptors (Lipinski definition) is 3. The van der Waals surface area contributed by atoms with Crippen molar-refractivity contribution in [3.63, 3.8) is 0 Å². The molecule has 134 valence electrons. The first-order valence-corrected chi connectivity index (χ1v) is 8.62. The van der Waals surface area contributed by atoms with Gasteiger partial charge in [0.25, 0.3) is 10.0 Å². The summed E-state index contributed by atoms with van der Waals surface area (Å²) in [7, 11) is -4.11. The van der Waals surface area contributed by atoms with Crippen LogP contribution in [0.3, 0.4) is 0 Å². The maximum atomic E-state index is 12.5. The molecule has 0 spiro atoms. The minimum atomic E-state index is -4.56. The van der Waals surface area contributed by atoms with E-state index in [-0.39, 0.29) is 21.3 Å². The van der Waals surface area contributed by atoms with Crippen molar-refractivity contribution in [2.75, 3.05) is 10.0 Å². The average molecular weight is 393 g/mol. The Labute approximate surface area is 146 Å². The summed E-state index contributed by atoms with van der Waals surface area (Å²) in [6.07, 6.45) is -4.56. The average Bonchev–Trinajstić information content (AvgIpc) is 2.49. The lowest BCUT2D eigenvalue weighted by molar-refractivity contribution is -0.137. The van der Waals surface area contributed by atoms with Crippen LogP contribution in [0.15, 0.2) is 47.4 Å². The molecule has 0 atom stereocenters. The van der Waals surface area contributed by atoms with Gasteiger partial charge >= 0.3 is 6.18 Å². The predicted molar refractivity (Wildman–Crippen MR) is 88.0 cm³/mol. The molecule has 0 fully saturated rings. The summed E-state index contributed by atoms with van der Waals surface area (Å²) in [5.74, 6) is -0.398. The molecule has 0 bridgehead atoms. The van der Waals surface area contributed by atoms with Crippen molar-refractivity contribution in [1.82, 2.24) is 0 Å². The van der Waals surface area contributed by atoms with Crippen molar-refractivity contribution in [3.05, 3.63) is 53.1 Å². The smallest absolute Gasteiger partial charge is 0.325 e. The number of amides is 1. The Morgan fingerprint density at radius 3 is 2.20 bits per heavy atom. The number of carbonyl (C=O) groups excluding carboxylic acids is 1. The lowest BCUT2D eigenvalue weighted by atomic mass is 10.2. The van der Waals surface area contributed by atoms with Gasteiger partial charge in [-0.2, -0.15) is 13.2 Å². The summed E-state index contributed by atoms with van der Waals surface area (Å²) in [5, 5.41) is 2.63. The first-order valence-electron chi connectivity index (χ1n) is 6.76. The summed E-state index contributed by atoms with van der Waals surface area (Å²) in [6, 6.07) is 7.10. The van der Waals surface area contributed by atoms with Crippen LogP contribution >= 0.6 is 11.6 Å². The predicted octanol–water partition coefficient (Wildman–Crippen LogP) is 4.12. The maximum absolute atomic E-state index is 12.5. The van der Waals surface area contributed by atoms with Gasteiger partial charge < -0.3 is 5.32 Å². The standard InChI is InChI=1S/C15H12ClF3N2O3S/c1-9(22)20-14-8-11(4-7-13(14)16)21-25(23,24)12-5-2-10(3-6-12)15(17,18)19/h2-8,21H,1H3,(H,20,22). The van der Waals surface area contributed by atoms with Gasteiger partial charge in [-0.15, -0.1) is 0 Å². The topological polar surface area (TPSA) is 75.3 Å². The van der Waals surface area contributed by atoms with Gasteiger partial charge in [0, 0.05) is 6.92 Å². The molecule has 0 aromatic heterocycles. The van der Waals surface area contributed by atoms with Gasteiger partial charge in [0.2, 0.25) is 5.91 Å². The zero-order valence-corrected chi connectivity index (χ0v) is 14.3. The third-order valence-corrected chi connectivity index (χ3v) is 4.75. The van der Waals surface area contributed by atoms with E-state index in [1.165, 1.54) is 25.1 Å². The normalized spacial score (nSPS) is 11.9.